The SMILES string of the molecule is COC(=O)Oc1ccc(CCCSCCCc2ccc(OC(=O)OC)cc2)cc1. The van der Waals surface area contributed by atoms with Crippen molar-refractivity contribution >= 4 is 24.1 Å². The summed E-state index contributed by atoms with van der Waals surface area (Å²) in [5.74, 6) is 3.18. The van der Waals surface area contributed by atoms with Crippen molar-refractivity contribution in [2.45, 2.75) is 25.7 Å². The van der Waals surface area contributed by atoms with E-state index < -0.39 is 12.3 Å². The minimum Gasteiger partial charge on any atom is -0.437 e. The van der Waals surface area contributed by atoms with Gasteiger partial charge in [0.15, 0.2) is 0 Å². The highest BCUT2D eigenvalue weighted by molar-refractivity contribution is 7.99. The lowest BCUT2D eigenvalue weighted by Crippen LogP contribution is -2.07. The summed E-state index contributed by atoms with van der Waals surface area (Å²) in [5, 5.41) is 0. The lowest BCUT2D eigenvalue weighted by molar-refractivity contribution is 0.120. The maximum atomic E-state index is 11.0. The average Bonchev–Trinajstić information content (AvgIpc) is 2.75. The van der Waals surface area contributed by atoms with Crippen LogP contribution in [0.2, 0.25) is 0 Å². The van der Waals surface area contributed by atoms with Crippen molar-refractivity contribution in [2.24, 2.45) is 0 Å². The van der Waals surface area contributed by atoms with Gasteiger partial charge in [-0.05, 0) is 72.6 Å². The third kappa shape index (κ3) is 8.91. The number of thioether (sulfide) groups is 1. The summed E-state index contributed by atoms with van der Waals surface area (Å²) in [6.07, 6.45) is 2.77. The number of benzene rings is 2. The summed E-state index contributed by atoms with van der Waals surface area (Å²) in [4.78, 5) is 22.1. The Bertz CT molecular complexity index is 692. The molecule has 0 aromatic heterocycles. The molecule has 0 aliphatic carbocycles. The van der Waals surface area contributed by atoms with E-state index in [4.69, 9.17) is 9.47 Å². The first kappa shape index (κ1) is 22.6. The second-order valence-corrected chi connectivity index (χ2v) is 7.44. The summed E-state index contributed by atoms with van der Waals surface area (Å²) in [7, 11) is 2.57. The number of carbonyl (C=O) groups excluding carboxylic acids is 2. The van der Waals surface area contributed by atoms with Crippen molar-refractivity contribution in [3.8, 4) is 11.5 Å². The molecule has 6 nitrogen and oxygen atoms in total. The van der Waals surface area contributed by atoms with Gasteiger partial charge in [-0.25, -0.2) is 9.59 Å². The molecule has 0 spiro atoms. The number of hydrogen-bond acceptors (Lipinski definition) is 7. The van der Waals surface area contributed by atoms with Crippen LogP contribution in [0.1, 0.15) is 24.0 Å². The fourth-order valence-electron chi connectivity index (χ4n) is 2.58. The molecule has 0 saturated heterocycles. The Hall–Kier alpha value is -2.67. The smallest absolute Gasteiger partial charge is 0.437 e. The van der Waals surface area contributed by atoms with Crippen molar-refractivity contribution in [2.75, 3.05) is 25.7 Å². The van der Waals surface area contributed by atoms with Gasteiger partial charge in [0.05, 0.1) is 14.2 Å². The molecule has 0 aliphatic heterocycles. The Morgan fingerprint density at radius 3 is 1.41 bits per heavy atom. The summed E-state index contributed by atoms with van der Waals surface area (Å²) < 4.78 is 18.8. The van der Waals surface area contributed by atoms with Crippen LogP contribution in [0.25, 0.3) is 0 Å². The highest BCUT2D eigenvalue weighted by atomic mass is 32.2. The van der Waals surface area contributed by atoms with Crippen molar-refractivity contribution in [3.05, 3.63) is 59.7 Å². The minimum absolute atomic E-state index is 0.486. The number of carbonyl (C=O) groups is 2. The normalized spacial score (nSPS) is 10.3. The van der Waals surface area contributed by atoms with Gasteiger partial charge in [0.2, 0.25) is 0 Å². The molecule has 0 atom stereocenters. The van der Waals surface area contributed by atoms with E-state index in [9.17, 15) is 9.59 Å². The van der Waals surface area contributed by atoms with E-state index in [1.807, 2.05) is 36.0 Å². The van der Waals surface area contributed by atoms with Crippen molar-refractivity contribution in [3.63, 3.8) is 0 Å². The zero-order chi connectivity index (χ0) is 20.9. The van der Waals surface area contributed by atoms with Crippen molar-refractivity contribution in [1.82, 2.24) is 0 Å². The van der Waals surface area contributed by atoms with Crippen LogP contribution in [0.15, 0.2) is 48.5 Å². The maximum Gasteiger partial charge on any atom is 0.513 e. The zero-order valence-electron chi connectivity index (χ0n) is 16.7. The molecule has 156 valence electrons. The zero-order valence-corrected chi connectivity index (χ0v) is 17.5. The van der Waals surface area contributed by atoms with Gasteiger partial charge in [0.1, 0.15) is 11.5 Å². The molecule has 0 aliphatic rings. The molecule has 0 saturated carbocycles. The molecule has 0 N–H and O–H groups in total. The molecule has 0 bridgehead atoms. The Kier molecular flexibility index (Phi) is 9.92. The minimum atomic E-state index is -0.709. The van der Waals surface area contributed by atoms with E-state index in [0.717, 1.165) is 37.2 Å². The molecule has 7 heteroatoms. The fourth-order valence-corrected chi connectivity index (χ4v) is 3.48. The predicted molar refractivity (Wildman–Crippen MR) is 113 cm³/mol. The monoisotopic (exact) mass is 418 g/mol. The number of aryl methyl sites for hydroxylation is 2. The summed E-state index contributed by atoms with van der Waals surface area (Å²) in [5.41, 5.74) is 2.44. The molecule has 2 aromatic carbocycles. The number of rotatable bonds is 10. The van der Waals surface area contributed by atoms with Gasteiger partial charge >= 0.3 is 12.3 Å². The van der Waals surface area contributed by atoms with Crippen LogP contribution in [0.3, 0.4) is 0 Å². The second kappa shape index (κ2) is 12.7. The molecule has 0 amide bonds. The Balaban J connectivity index is 1.56. The Morgan fingerprint density at radius 1 is 0.690 bits per heavy atom. The lowest BCUT2D eigenvalue weighted by atomic mass is 10.1. The molecule has 0 unspecified atom stereocenters. The van der Waals surface area contributed by atoms with Gasteiger partial charge in [-0.3, -0.25) is 0 Å². The standard InChI is InChI=1S/C22H26O6S/c1-25-21(23)27-19-11-7-17(8-12-19)5-3-15-29-16-4-6-18-9-13-20(14-10-18)28-22(24)26-2/h7-14H,3-6,15-16H2,1-2H3. The predicted octanol–water partition coefficient (Wildman–Crippen LogP) is 5.28. The van der Waals surface area contributed by atoms with Gasteiger partial charge in [-0.1, -0.05) is 24.3 Å². The Morgan fingerprint density at radius 2 is 1.07 bits per heavy atom. The molecule has 0 radical (unpaired) electrons. The highest BCUT2D eigenvalue weighted by Gasteiger charge is 2.04. The van der Waals surface area contributed by atoms with Crippen LogP contribution in [0, 0.1) is 0 Å². The molecule has 29 heavy (non-hydrogen) atoms. The van der Waals surface area contributed by atoms with Gasteiger partial charge in [0.25, 0.3) is 0 Å². The van der Waals surface area contributed by atoms with Crippen molar-refractivity contribution < 1.29 is 28.5 Å². The van der Waals surface area contributed by atoms with E-state index >= 15 is 0 Å². The van der Waals surface area contributed by atoms with E-state index in [1.165, 1.54) is 25.3 Å². The Labute approximate surface area is 175 Å². The maximum absolute atomic E-state index is 11.0. The van der Waals surface area contributed by atoms with Crippen LogP contribution in [0.4, 0.5) is 9.59 Å². The van der Waals surface area contributed by atoms with Crippen LogP contribution in [-0.4, -0.2) is 38.0 Å². The highest BCUT2D eigenvalue weighted by Crippen LogP contribution is 2.17. The number of methoxy groups -OCH3 is 2. The largest absolute Gasteiger partial charge is 0.513 e. The second-order valence-electron chi connectivity index (χ2n) is 6.22. The van der Waals surface area contributed by atoms with Crippen LogP contribution in [0.5, 0.6) is 11.5 Å². The van der Waals surface area contributed by atoms with E-state index in [2.05, 4.69) is 9.47 Å². The molecule has 0 fully saturated rings. The summed E-state index contributed by atoms with van der Waals surface area (Å²) in [6, 6.07) is 15.0. The van der Waals surface area contributed by atoms with Gasteiger partial charge in [-0.15, -0.1) is 0 Å². The average molecular weight is 419 g/mol. The quantitative estimate of drug-likeness (QED) is 0.295. The van der Waals surface area contributed by atoms with E-state index in [0.29, 0.717) is 11.5 Å². The first-order valence-corrected chi connectivity index (χ1v) is 10.5. The van der Waals surface area contributed by atoms with Crippen molar-refractivity contribution in [1.29, 1.82) is 0 Å². The van der Waals surface area contributed by atoms with Crippen LogP contribution >= 0.6 is 11.8 Å². The lowest BCUT2D eigenvalue weighted by Gasteiger charge is -2.06. The third-order valence-corrected chi connectivity index (χ3v) is 5.25. The van der Waals surface area contributed by atoms with Gasteiger partial charge in [0, 0.05) is 0 Å². The summed E-state index contributed by atoms with van der Waals surface area (Å²) >= 11 is 1.95. The molecule has 0 heterocycles. The summed E-state index contributed by atoms with van der Waals surface area (Å²) in [6.45, 7) is 0. The topological polar surface area (TPSA) is 71.1 Å². The first-order valence-electron chi connectivity index (χ1n) is 9.38. The number of ether oxygens (including phenoxy) is 4. The van der Waals surface area contributed by atoms with E-state index in [1.54, 1.807) is 24.3 Å². The first-order chi connectivity index (χ1) is 14.1. The van der Waals surface area contributed by atoms with Gasteiger partial charge < -0.3 is 18.9 Å². The van der Waals surface area contributed by atoms with Crippen LogP contribution in [-0.2, 0) is 22.3 Å². The van der Waals surface area contributed by atoms with Gasteiger partial charge in [-0.2, -0.15) is 11.8 Å². The molecule has 2 aromatic rings. The molecular weight excluding hydrogens is 392 g/mol. The molecular formula is C22H26O6S. The number of hydrogen-bond donors (Lipinski definition) is 0. The fraction of sp³-hybridized carbons (Fsp3) is 0.364. The third-order valence-electron chi connectivity index (χ3n) is 4.09. The van der Waals surface area contributed by atoms with Crippen LogP contribution < -0.4 is 9.47 Å². The molecule has 2 rings (SSSR count). The van der Waals surface area contributed by atoms with E-state index in [-0.39, 0.29) is 0 Å².